The first kappa shape index (κ1) is 19.7. The summed E-state index contributed by atoms with van der Waals surface area (Å²) in [5, 5.41) is 8.56. The van der Waals surface area contributed by atoms with Crippen molar-refractivity contribution in [1.29, 1.82) is 0 Å². The quantitative estimate of drug-likeness (QED) is 0.500. The van der Waals surface area contributed by atoms with E-state index in [0.29, 0.717) is 43.3 Å². The maximum absolute atomic E-state index is 13.4. The summed E-state index contributed by atoms with van der Waals surface area (Å²) in [6.45, 7) is 1.69. The highest BCUT2D eigenvalue weighted by Gasteiger charge is 2.30. The van der Waals surface area contributed by atoms with Crippen LogP contribution in [0.15, 0.2) is 83.5 Å². The van der Waals surface area contributed by atoms with E-state index >= 15 is 0 Å². The van der Waals surface area contributed by atoms with Crippen molar-refractivity contribution in [3.63, 3.8) is 0 Å². The predicted octanol–water partition coefficient (Wildman–Crippen LogP) is 3.13. The number of carbonyl (C=O) groups excluding carboxylic acids is 2. The molecule has 2 aromatic carbocycles. The second-order valence-electron chi connectivity index (χ2n) is 7.46. The average molecular weight is 427 g/mol. The molecule has 32 heavy (non-hydrogen) atoms. The third-order valence-corrected chi connectivity index (χ3v) is 5.51. The van der Waals surface area contributed by atoms with Crippen LogP contribution in [0.2, 0.25) is 0 Å². The Kier molecular flexibility index (Phi) is 5.25. The topological polar surface area (TPSA) is 84.5 Å². The Bertz CT molecular complexity index is 1210. The van der Waals surface area contributed by atoms with Crippen molar-refractivity contribution in [3.8, 4) is 16.9 Å². The molecule has 1 aliphatic heterocycles. The van der Waals surface area contributed by atoms with Gasteiger partial charge in [0.25, 0.3) is 11.8 Å². The van der Waals surface area contributed by atoms with E-state index in [2.05, 4.69) is 10.3 Å². The van der Waals surface area contributed by atoms with E-state index in [4.69, 9.17) is 4.42 Å². The van der Waals surface area contributed by atoms with Crippen molar-refractivity contribution in [2.45, 2.75) is 0 Å². The molecule has 0 spiro atoms. The smallest absolute Gasteiger partial charge is 0.289 e. The lowest BCUT2D eigenvalue weighted by atomic mass is 10.1. The standard InChI is InChI=1S/C24H21N5O3/c30-23(20-12-7-17-32-20)27-13-15-28(16-14-27)24(31)21-22(18-8-3-1-4-9-18)29(26-25-21)19-10-5-2-6-11-19/h1-12,17H,13-16H2. The Morgan fingerprint density at radius 3 is 2.00 bits per heavy atom. The fraction of sp³-hybridized carbons (Fsp3) is 0.167. The number of amides is 2. The molecule has 0 saturated carbocycles. The van der Waals surface area contributed by atoms with Crippen molar-refractivity contribution >= 4 is 11.8 Å². The molecule has 8 nitrogen and oxygen atoms in total. The van der Waals surface area contributed by atoms with Crippen LogP contribution in [0.25, 0.3) is 16.9 Å². The molecule has 2 aromatic heterocycles. The van der Waals surface area contributed by atoms with Crippen LogP contribution in [0.1, 0.15) is 21.0 Å². The van der Waals surface area contributed by atoms with Gasteiger partial charge >= 0.3 is 0 Å². The normalized spacial score (nSPS) is 13.9. The predicted molar refractivity (Wildman–Crippen MR) is 117 cm³/mol. The minimum Gasteiger partial charge on any atom is -0.459 e. The maximum Gasteiger partial charge on any atom is 0.289 e. The molecule has 0 unspecified atom stereocenters. The van der Waals surface area contributed by atoms with E-state index in [0.717, 1.165) is 11.3 Å². The van der Waals surface area contributed by atoms with E-state index in [-0.39, 0.29) is 11.8 Å². The fourth-order valence-electron chi connectivity index (χ4n) is 3.85. The molecule has 0 N–H and O–H groups in total. The Morgan fingerprint density at radius 1 is 0.750 bits per heavy atom. The van der Waals surface area contributed by atoms with E-state index < -0.39 is 0 Å². The Balaban J connectivity index is 1.41. The summed E-state index contributed by atoms with van der Waals surface area (Å²) >= 11 is 0. The average Bonchev–Trinajstić information content (AvgIpc) is 3.55. The second-order valence-corrected chi connectivity index (χ2v) is 7.46. The van der Waals surface area contributed by atoms with Crippen LogP contribution in [-0.2, 0) is 0 Å². The maximum atomic E-state index is 13.4. The molecular formula is C24H21N5O3. The first-order valence-electron chi connectivity index (χ1n) is 10.4. The van der Waals surface area contributed by atoms with Gasteiger partial charge in [-0.15, -0.1) is 5.10 Å². The molecule has 8 heteroatoms. The van der Waals surface area contributed by atoms with Gasteiger partial charge in [0.15, 0.2) is 11.5 Å². The fourth-order valence-corrected chi connectivity index (χ4v) is 3.85. The lowest BCUT2D eigenvalue weighted by Crippen LogP contribution is -2.50. The molecule has 1 fully saturated rings. The van der Waals surface area contributed by atoms with Crippen LogP contribution in [0.5, 0.6) is 0 Å². The minimum atomic E-state index is -0.198. The van der Waals surface area contributed by atoms with Crippen LogP contribution >= 0.6 is 0 Å². The third-order valence-electron chi connectivity index (χ3n) is 5.51. The van der Waals surface area contributed by atoms with E-state index in [1.54, 1.807) is 26.6 Å². The summed E-state index contributed by atoms with van der Waals surface area (Å²) in [6, 6.07) is 22.6. The Labute approximate surface area is 184 Å². The van der Waals surface area contributed by atoms with Crippen LogP contribution < -0.4 is 0 Å². The number of hydrogen-bond acceptors (Lipinski definition) is 5. The molecule has 4 aromatic rings. The molecule has 0 atom stereocenters. The molecule has 0 radical (unpaired) electrons. The molecule has 0 bridgehead atoms. The summed E-state index contributed by atoms with van der Waals surface area (Å²) < 4.78 is 6.90. The number of para-hydroxylation sites is 1. The molecule has 1 aliphatic rings. The number of nitrogens with zero attached hydrogens (tertiary/aromatic N) is 5. The number of furan rings is 1. The van der Waals surface area contributed by atoms with Crippen molar-refractivity contribution in [3.05, 3.63) is 90.5 Å². The van der Waals surface area contributed by atoms with Gasteiger partial charge in [-0.3, -0.25) is 9.59 Å². The minimum absolute atomic E-state index is 0.165. The summed E-state index contributed by atoms with van der Waals surface area (Å²) in [7, 11) is 0. The highest BCUT2D eigenvalue weighted by atomic mass is 16.3. The molecule has 0 aliphatic carbocycles. The number of piperazine rings is 1. The van der Waals surface area contributed by atoms with E-state index in [1.165, 1.54) is 6.26 Å². The SMILES string of the molecule is O=C(c1ccco1)N1CCN(C(=O)c2nnn(-c3ccccc3)c2-c2ccccc2)CC1. The van der Waals surface area contributed by atoms with Gasteiger partial charge in [-0.25, -0.2) is 4.68 Å². The highest BCUT2D eigenvalue weighted by molar-refractivity contribution is 5.98. The van der Waals surface area contributed by atoms with Crippen molar-refractivity contribution in [2.75, 3.05) is 26.2 Å². The zero-order chi connectivity index (χ0) is 21.9. The van der Waals surface area contributed by atoms with Crippen molar-refractivity contribution in [2.24, 2.45) is 0 Å². The first-order valence-corrected chi connectivity index (χ1v) is 10.4. The van der Waals surface area contributed by atoms with E-state index in [1.807, 2.05) is 60.7 Å². The number of aromatic nitrogens is 3. The first-order chi connectivity index (χ1) is 15.7. The summed E-state index contributed by atoms with van der Waals surface area (Å²) in [5.41, 5.74) is 2.63. The lowest BCUT2D eigenvalue weighted by molar-refractivity contribution is 0.0515. The van der Waals surface area contributed by atoms with Gasteiger partial charge < -0.3 is 14.2 Å². The van der Waals surface area contributed by atoms with Crippen LogP contribution in [0.3, 0.4) is 0 Å². The Hall–Kier alpha value is -4.20. The molecule has 3 heterocycles. The molecule has 5 rings (SSSR count). The van der Waals surface area contributed by atoms with Gasteiger partial charge in [-0.05, 0) is 24.3 Å². The van der Waals surface area contributed by atoms with Crippen molar-refractivity contribution in [1.82, 2.24) is 24.8 Å². The zero-order valence-corrected chi connectivity index (χ0v) is 17.3. The van der Waals surface area contributed by atoms with Gasteiger partial charge in [-0.1, -0.05) is 53.7 Å². The number of benzene rings is 2. The lowest BCUT2D eigenvalue weighted by Gasteiger charge is -2.34. The van der Waals surface area contributed by atoms with Gasteiger partial charge in [0.1, 0.15) is 5.69 Å². The van der Waals surface area contributed by atoms with Crippen LogP contribution in [0.4, 0.5) is 0 Å². The number of rotatable bonds is 4. The highest BCUT2D eigenvalue weighted by Crippen LogP contribution is 2.26. The monoisotopic (exact) mass is 427 g/mol. The van der Waals surface area contributed by atoms with Crippen LogP contribution in [0, 0.1) is 0 Å². The largest absolute Gasteiger partial charge is 0.459 e. The number of carbonyl (C=O) groups is 2. The van der Waals surface area contributed by atoms with Gasteiger partial charge in [0.05, 0.1) is 12.0 Å². The van der Waals surface area contributed by atoms with E-state index in [9.17, 15) is 9.59 Å². The second kappa shape index (κ2) is 8.50. The third kappa shape index (κ3) is 3.66. The molecular weight excluding hydrogens is 406 g/mol. The van der Waals surface area contributed by atoms with Gasteiger partial charge in [-0.2, -0.15) is 0 Å². The molecule has 1 saturated heterocycles. The van der Waals surface area contributed by atoms with Gasteiger partial charge in [0, 0.05) is 31.7 Å². The molecule has 160 valence electrons. The summed E-state index contributed by atoms with van der Waals surface area (Å²) in [5.74, 6) is -0.0554. The zero-order valence-electron chi connectivity index (χ0n) is 17.3. The summed E-state index contributed by atoms with van der Waals surface area (Å²) in [6.07, 6.45) is 1.48. The van der Waals surface area contributed by atoms with Crippen molar-refractivity contribution < 1.29 is 14.0 Å². The molecule has 2 amide bonds. The summed E-state index contributed by atoms with van der Waals surface area (Å²) in [4.78, 5) is 29.4. The number of hydrogen-bond donors (Lipinski definition) is 0. The van der Waals surface area contributed by atoms with Gasteiger partial charge in [0.2, 0.25) is 0 Å². The van der Waals surface area contributed by atoms with Crippen LogP contribution in [-0.4, -0.2) is 62.8 Å². The Morgan fingerprint density at radius 2 is 1.38 bits per heavy atom.